The molecular weight excluding hydrogens is 397 g/mol. The Labute approximate surface area is 171 Å². The molecule has 1 fully saturated rings. The van der Waals surface area contributed by atoms with E-state index in [0.717, 1.165) is 12.3 Å². The predicted molar refractivity (Wildman–Crippen MR) is 104 cm³/mol. The van der Waals surface area contributed by atoms with Crippen LogP contribution in [0.15, 0.2) is 42.6 Å². The summed E-state index contributed by atoms with van der Waals surface area (Å²) in [7, 11) is 0. The highest BCUT2D eigenvalue weighted by Crippen LogP contribution is 2.22. The normalized spacial score (nSPS) is 16.7. The lowest BCUT2D eigenvalue weighted by molar-refractivity contribution is -0.128. The smallest absolute Gasteiger partial charge is 0.387 e. The Bertz CT molecular complexity index is 990. The highest BCUT2D eigenvalue weighted by atomic mass is 19.3. The predicted octanol–water partition coefficient (Wildman–Crippen LogP) is 3.44. The summed E-state index contributed by atoms with van der Waals surface area (Å²) in [5, 5.41) is 9.22. The Kier molecular flexibility index (Phi) is 6.57. The number of pyridine rings is 1. The zero-order chi connectivity index (χ0) is 21.7. The van der Waals surface area contributed by atoms with Crippen LogP contribution in [0.1, 0.15) is 18.1 Å². The van der Waals surface area contributed by atoms with Gasteiger partial charge in [-0.05, 0) is 36.8 Å². The van der Waals surface area contributed by atoms with E-state index in [2.05, 4.69) is 9.72 Å². The summed E-state index contributed by atoms with van der Waals surface area (Å²) in [5.41, 5.74) is 0.703. The highest BCUT2D eigenvalue weighted by molar-refractivity contribution is 5.92. The van der Waals surface area contributed by atoms with Crippen molar-refractivity contribution in [2.75, 3.05) is 24.5 Å². The number of carbonyl (C=O) groups is 1. The minimum Gasteiger partial charge on any atom is -0.435 e. The number of piperazine rings is 1. The topological polar surface area (TPSA) is 69.5 Å². The molecule has 1 saturated heterocycles. The van der Waals surface area contributed by atoms with Crippen molar-refractivity contribution in [1.29, 1.82) is 5.26 Å². The van der Waals surface area contributed by atoms with Gasteiger partial charge in [-0.3, -0.25) is 4.79 Å². The summed E-state index contributed by atoms with van der Waals surface area (Å²) in [5.74, 6) is -0.397. The number of alkyl halides is 2. The number of amides is 1. The first-order chi connectivity index (χ1) is 14.4. The molecular formula is C21H19F3N4O2. The minimum absolute atomic E-state index is 0.0154. The van der Waals surface area contributed by atoms with E-state index in [1.807, 2.05) is 17.9 Å². The van der Waals surface area contributed by atoms with E-state index in [0.29, 0.717) is 31.0 Å². The lowest BCUT2D eigenvalue weighted by Crippen LogP contribution is -2.54. The van der Waals surface area contributed by atoms with Crippen LogP contribution in [0.3, 0.4) is 0 Å². The molecule has 9 heteroatoms. The van der Waals surface area contributed by atoms with E-state index in [9.17, 15) is 23.2 Å². The maximum Gasteiger partial charge on any atom is 0.387 e. The lowest BCUT2D eigenvalue weighted by Gasteiger charge is -2.40. The molecule has 2 aromatic rings. The van der Waals surface area contributed by atoms with Crippen molar-refractivity contribution in [1.82, 2.24) is 9.88 Å². The molecule has 1 aliphatic rings. The Hall–Kier alpha value is -3.54. The summed E-state index contributed by atoms with van der Waals surface area (Å²) >= 11 is 0. The molecule has 1 aliphatic heterocycles. The number of aromatic nitrogens is 1. The molecule has 1 aromatic heterocycles. The summed E-state index contributed by atoms with van der Waals surface area (Å²) in [4.78, 5) is 20.2. The fraction of sp³-hybridized carbons (Fsp3) is 0.286. The van der Waals surface area contributed by atoms with Crippen molar-refractivity contribution >= 4 is 17.8 Å². The van der Waals surface area contributed by atoms with E-state index in [1.165, 1.54) is 24.3 Å². The Morgan fingerprint density at radius 3 is 2.87 bits per heavy atom. The zero-order valence-corrected chi connectivity index (χ0v) is 16.1. The first kappa shape index (κ1) is 21.2. The number of halogens is 3. The number of hydrogen-bond acceptors (Lipinski definition) is 5. The quantitative estimate of drug-likeness (QED) is 0.699. The van der Waals surface area contributed by atoms with Crippen LogP contribution in [0.4, 0.5) is 19.0 Å². The minimum atomic E-state index is -2.92. The molecule has 3 rings (SSSR count). The SMILES string of the molecule is C[C@@H]1CN(c2ncc(F)cc2C#N)CCN1C(=O)C=Cc1cccc(OC(F)F)c1. The summed E-state index contributed by atoms with van der Waals surface area (Å²) in [6.07, 6.45) is 3.98. The van der Waals surface area contributed by atoms with Gasteiger partial charge in [-0.2, -0.15) is 14.0 Å². The average molecular weight is 416 g/mol. The molecule has 0 aliphatic carbocycles. The Morgan fingerprint density at radius 2 is 2.17 bits per heavy atom. The number of nitriles is 1. The summed E-state index contributed by atoms with van der Waals surface area (Å²) in [6.45, 7) is 0.215. The molecule has 6 nitrogen and oxygen atoms in total. The molecule has 0 bridgehead atoms. The number of benzene rings is 1. The standard InChI is InChI=1S/C21H19F3N4O2/c1-14-13-27(20-16(11-25)10-17(22)12-26-20)7-8-28(14)19(29)6-5-15-3-2-4-18(9-15)30-21(23)24/h2-6,9-10,12,14,21H,7-8,13H2,1H3/t14-/m1/s1. The second-order valence-electron chi connectivity index (χ2n) is 6.75. The number of carbonyl (C=O) groups excluding carboxylic acids is 1. The zero-order valence-electron chi connectivity index (χ0n) is 16.1. The van der Waals surface area contributed by atoms with Crippen LogP contribution in [-0.2, 0) is 4.79 Å². The first-order valence-corrected chi connectivity index (χ1v) is 9.21. The van der Waals surface area contributed by atoms with Crippen LogP contribution in [0, 0.1) is 17.1 Å². The van der Waals surface area contributed by atoms with E-state index in [-0.39, 0.29) is 23.3 Å². The van der Waals surface area contributed by atoms with E-state index < -0.39 is 12.4 Å². The molecule has 0 unspecified atom stereocenters. The van der Waals surface area contributed by atoms with Gasteiger partial charge in [0.05, 0.1) is 11.8 Å². The van der Waals surface area contributed by atoms with E-state index in [1.54, 1.807) is 17.0 Å². The molecule has 1 amide bonds. The van der Waals surface area contributed by atoms with Crippen molar-refractivity contribution in [3.8, 4) is 11.8 Å². The molecule has 0 spiro atoms. The highest BCUT2D eigenvalue weighted by Gasteiger charge is 2.28. The van der Waals surface area contributed by atoms with Crippen LogP contribution in [0.25, 0.3) is 6.08 Å². The van der Waals surface area contributed by atoms with Crippen molar-refractivity contribution in [3.63, 3.8) is 0 Å². The summed E-state index contributed by atoms with van der Waals surface area (Å²) < 4.78 is 42.3. The van der Waals surface area contributed by atoms with Gasteiger partial charge in [0.15, 0.2) is 0 Å². The number of anilines is 1. The summed E-state index contributed by atoms with van der Waals surface area (Å²) in [6, 6.07) is 8.97. The van der Waals surface area contributed by atoms with Crippen LogP contribution in [-0.4, -0.2) is 48.1 Å². The van der Waals surface area contributed by atoms with Gasteiger partial charge < -0.3 is 14.5 Å². The molecule has 2 heterocycles. The lowest BCUT2D eigenvalue weighted by atomic mass is 10.1. The molecule has 0 N–H and O–H groups in total. The molecule has 156 valence electrons. The third kappa shape index (κ3) is 5.08. The van der Waals surface area contributed by atoms with Crippen LogP contribution < -0.4 is 9.64 Å². The molecule has 0 saturated carbocycles. The average Bonchev–Trinajstić information content (AvgIpc) is 2.71. The van der Waals surface area contributed by atoms with Crippen LogP contribution in [0.5, 0.6) is 5.75 Å². The molecule has 1 atom stereocenters. The van der Waals surface area contributed by atoms with Crippen molar-refractivity contribution < 1.29 is 22.7 Å². The largest absolute Gasteiger partial charge is 0.435 e. The first-order valence-electron chi connectivity index (χ1n) is 9.21. The van der Waals surface area contributed by atoms with Gasteiger partial charge in [0.1, 0.15) is 23.5 Å². The maximum atomic E-state index is 13.3. The van der Waals surface area contributed by atoms with Gasteiger partial charge in [0.25, 0.3) is 0 Å². The number of nitrogens with zero attached hydrogens (tertiary/aromatic N) is 4. The molecule has 1 aromatic carbocycles. The van der Waals surface area contributed by atoms with Crippen LogP contribution >= 0.6 is 0 Å². The van der Waals surface area contributed by atoms with Gasteiger partial charge in [-0.15, -0.1) is 0 Å². The van der Waals surface area contributed by atoms with Gasteiger partial charge in [-0.1, -0.05) is 12.1 Å². The van der Waals surface area contributed by atoms with Crippen molar-refractivity contribution in [2.45, 2.75) is 19.6 Å². The number of rotatable bonds is 5. The fourth-order valence-corrected chi connectivity index (χ4v) is 3.30. The van der Waals surface area contributed by atoms with Gasteiger partial charge >= 0.3 is 6.61 Å². The third-order valence-corrected chi connectivity index (χ3v) is 4.67. The maximum absolute atomic E-state index is 13.3. The van der Waals surface area contributed by atoms with Gasteiger partial charge in [-0.25, -0.2) is 9.37 Å². The Morgan fingerprint density at radius 1 is 1.37 bits per heavy atom. The van der Waals surface area contributed by atoms with Crippen molar-refractivity contribution in [3.05, 3.63) is 59.5 Å². The second kappa shape index (κ2) is 9.31. The second-order valence-corrected chi connectivity index (χ2v) is 6.75. The van der Waals surface area contributed by atoms with Gasteiger partial charge in [0.2, 0.25) is 5.91 Å². The van der Waals surface area contributed by atoms with Crippen LogP contribution in [0.2, 0.25) is 0 Å². The number of hydrogen-bond donors (Lipinski definition) is 0. The molecule has 30 heavy (non-hydrogen) atoms. The monoisotopic (exact) mass is 416 g/mol. The Balaban J connectivity index is 1.65. The third-order valence-electron chi connectivity index (χ3n) is 4.67. The van der Waals surface area contributed by atoms with E-state index >= 15 is 0 Å². The van der Waals surface area contributed by atoms with Crippen molar-refractivity contribution in [2.24, 2.45) is 0 Å². The van der Waals surface area contributed by atoms with E-state index in [4.69, 9.17) is 0 Å². The fourth-order valence-electron chi connectivity index (χ4n) is 3.30. The number of ether oxygens (including phenoxy) is 1. The molecule has 0 radical (unpaired) electrons. The van der Waals surface area contributed by atoms with Gasteiger partial charge in [0, 0.05) is 31.8 Å².